The number of anilines is 3. The quantitative estimate of drug-likeness (QED) is 0.562. The summed E-state index contributed by atoms with van der Waals surface area (Å²) in [4.78, 5) is 8.51. The van der Waals surface area contributed by atoms with Crippen molar-refractivity contribution < 1.29 is 4.74 Å². The molecule has 0 radical (unpaired) electrons. The number of nitrogens with one attached hydrogen (secondary N) is 2. The lowest BCUT2D eigenvalue weighted by atomic mass is 10.3. The Bertz CT molecular complexity index is 610. The van der Waals surface area contributed by atoms with E-state index in [1.165, 1.54) is 0 Å². The molecule has 0 aliphatic heterocycles. The minimum atomic E-state index is 0.298. The van der Waals surface area contributed by atoms with Gasteiger partial charge in [0, 0.05) is 22.7 Å². The summed E-state index contributed by atoms with van der Waals surface area (Å²) in [7, 11) is 1.58. The van der Waals surface area contributed by atoms with Crippen molar-refractivity contribution in [2.24, 2.45) is 5.84 Å². The van der Waals surface area contributed by atoms with E-state index in [0.717, 1.165) is 10.2 Å². The van der Waals surface area contributed by atoms with Crippen LogP contribution in [0.3, 0.4) is 0 Å². The maximum atomic E-state index is 5.91. The second-order valence-electron chi connectivity index (χ2n) is 3.88. The predicted octanol–water partition coefficient (Wildman–Crippen LogP) is 3.07. The van der Waals surface area contributed by atoms with Crippen LogP contribution in [0.1, 0.15) is 5.82 Å². The third-order valence-corrected chi connectivity index (χ3v) is 3.28. The average molecular weight is 359 g/mol. The lowest BCUT2D eigenvalue weighted by Gasteiger charge is -2.11. The van der Waals surface area contributed by atoms with Crippen molar-refractivity contribution in [3.63, 3.8) is 0 Å². The van der Waals surface area contributed by atoms with Crippen LogP contribution in [0.25, 0.3) is 0 Å². The number of nitrogen functional groups attached to an aromatic ring is 1. The highest BCUT2D eigenvalue weighted by Crippen LogP contribution is 2.28. The monoisotopic (exact) mass is 357 g/mol. The number of benzene rings is 1. The SMILES string of the molecule is COCc1nc(NN)cc(Nc2ccc(Cl)cc2Br)n1. The van der Waals surface area contributed by atoms with Crippen molar-refractivity contribution in [1.82, 2.24) is 9.97 Å². The largest absolute Gasteiger partial charge is 0.377 e. The van der Waals surface area contributed by atoms with Crippen LogP contribution >= 0.6 is 27.5 Å². The van der Waals surface area contributed by atoms with E-state index in [1.807, 2.05) is 6.07 Å². The lowest BCUT2D eigenvalue weighted by molar-refractivity contribution is 0.178. The van der Waals surface area contributed by atoms with Crippen molar-refractivity contribution in [2.75, 3.05) is 17.9 Å². The number of halogens is 2. The van der Waals surface area contributed by atoms with Crippen LogP contribution in [0.2, 0.25) is 5.02 Å². The third kappa shape index (κ3) is 3.80. The Kier molecular flexibility index (Phi) is 5.13. The molecule has 6 nitrogen and oxygen atoms in total. The van der Waals surface area contributed by atoms with Crippen LogP contribution in [-0.2, 0) is 11.3 Å². The molecule has 4 N–H and O–H groups in total. The van der Waals surface area contributed by atoms with Gasteiger partial charge in [0.05, 0.1) is 5.69 Å². The van der Waals surface area contributed by atoms with Crippen molar-refractivity contribution in [2.45, 2.75) is 6.61 Å². The van der Waals surface area contributed by atoms with Crippen molar-refractivity contribution >= 4 is 44.9 Å². The van der Waals surface area contributed by atoms with Gasteiger partial charge in [0.2, 0.25) is 0 Å². The van der Waals surface area contributed by atoms with Crippen molar-refractivity contribution in [3.8, 4) is 0 Å². The number of nitrogens with zero attached hydrogens (tertiary/aromatic N) is 2. The first-order valence-corrected chi connectivity index (χ1v) is 6.85. The Labute approximate surface area is 129 Å². The second kappa shape index (κ2) is 6.85. The molecule has 1 heterocycles. The number of methoxy groups -OCH3 is 1. The number of hydrazine groups is 1. The van der Waals surface area contributed by atoms with Crippen LogP contribution in [-0.4, -0.2) is 17.1 Å². The van der Waals surface area contributed by atoms with Crippen molar-refractivity contribution in [3.05, 3.63) is 39.6 Å². The minimum Gasteiger partial charge on any atom is -0.377 e. The molecule has 20 heavy (non-hydrogen) atoms. The van der Waals surface area contributed by atoms with Crippen LogP contribution < -0.4 is 16.6 Å². The number of aromatic nitrogens is 2. The topological polar surface area (TPSA) is 85.1 Å². The van der Waals surface area contributed by atoms with Gasteiger partial charge in [0.15, 0.2) is 5.82 Å². The van der Waals surface area contributed by atoms with E-state index in [1.54, 1.807) is 25.3 Å². The predicted molar refractivity (Wildman–Crippen MR) is 83.0 cm³/mol. The van der Waals surface area contributed by atoms with Crippen LogP contribution in [0, 0.1) is 0 Å². The standard InChI is InChI=1S/C12H13BrClN5O/c1-20-6-12-17-10(5-11(18-12)19-15)16-9-3-2-7(14)4-8(9)13/h2-5H,6,15H2,1H3,(H2,16,17,18,19). The molecule has 2 aromatic rings. The molecule has 0 aliphatic rings. The van der Waals surface area contributed by atoms with Gasteiger partial charge in [0.1, 0.15) is 18.2 Å². The molecule has 0 bridgehead atoms. The molecule has 1 aromatic heterocycles. The van der Waals surface area contributed by atoms with Gasteiger partial charge in [-0.15, -0.1) is 0 Å². The Balaban J connectivity index is 2.29. The van der Waals surface area contributed by atoms with Gasteiger partial charge in [-0.1, -0.05) is 11.6 Å². The smallest absolute Gasteiger partial charge is 0.158 e. The summed E-state index contributed by atoms with van der Waals surface area (Å²) < 4.78 is 5.86. The van der Waals surface area contributed by atoms with Gasteiger partial charge in [-0.25, -0.2) is 15.8 Å². The van der Waals surface area contributed by atoms with Gasteiger partial charge in [-0.05, 0) is 34.1 Å². The van der Waals surface area contributed by atoms with E-state index in [2.05, 4.69) is 36.6 Å². The molecule has 1 aromatic carbocycles. The fourth-order valence-electron chi connectivity index (χ4n) is 1.56. The first-order valence-electron chi connectivity index (χ1n) is 5.68. The number of nitrogens with two attached hydrogens (primary N) is 1. The zero-order valence-corrected chi connectivity index (χ0v) is 13.0. The zero-order chi connectivity index (χ0) is 14.5. The van der Waals surface area contributed by atoms with E-state index in [-0.39, 0.29) is 0 Å². The third-order valence-electron chi connectivity index (χ3n) is 2.39. The Hall–Kier alpha value is -1.41. The summed E-state index contributed by atoms with van der Waals surface area (Å²) in [6.45, 7) is 0.298. The molecule has 8 heteroatoms. The zero-order valence-electron chi connectivity index (χ0n) is 10.7. The first kappa shape index (κ1) is 15.0. The second-order valence-corrected chi connectivity index (χ2v) is 5.17. The Morgan fingerprint density at radius 2 is 2.05 bits per heavy atom. The normalized spacial score (nSPS) is 10.4. The fourth-order valence-corrected chi connectivity index (χ4v) is 2.34. The average Bonchev–Trinajstić information content (AvgIpc) is 2.42. The number of rotatable bonds is 5. The summed E-state index contributed by atoms with van der Waals surface area (Å²) in [6, 6.07) is 7.12. The summed E-state index contributed by atoms with van der Waals surface area (Å²) in [6.07, 6.45) is 0. The maximum Gasteiger partial charge on any atom is 0.158 e. The Morgan fingerprint density at radius 1 is 1.30 bits per heavy atom. The maximum absolute atomic E-state index is 5.91. The summed E-state index contributed by atoms with van der Waals surface area (Å²) in [5.74, 6) is 7.01. The van der Waals surface area contributed by atoms with E-state index in [0.29, 0.717) is 29.1 Å². The molecule has 106 valence electrons. The fraction of sp³-hybridized carbons (Fsp3) is 0.167. The van der Waals surface area contributed by atoms with Crippen LogP contribution in [0.15, 0.2) is 28.7 Å². The van der Waals surface area contributed by atoms with Gasteiger partial charge >= 0.3 is 0 Å². The number of hydrogen-bond donors (Lipinski definition) is 3. The van der Waals surface area contributed by atoms with E-state index < -0.39 is 0 Å². The summed E-state index contributed by atoms with van der Waals surface area (Å²) in [5.41, 5.74) is 3.33. The van der Waals surface area contributed by atoms with E-state index in [9.17, 15) is 0 Å². The highest BCUT2D eigenvalue weighted by atomic mass is 79.9. The molecule has 0 saturated heterocycles. The highest BCUT2D eigenvalue weighted by molar-refractivity contribution is 9.10. The molecule has 2 rings (SSSR count). The summed E-state index contributed by atoms with van der Waals surface area (Å²) >= 11 is 9.34. The molecular formula is C12H13BrClN5O. The molecule has 0 spiro atoms. The molecule has 0 atom stereocenters. The van der Waals surface area contributed by atoms with Crippen LogP contribution in [0.5, 0.6) is 0 Å². The molecule has 0 amide bonds. The molecule has 0 aliphatic carbocycles. The van der Waals surface area contributed by atoms with Crippen LogP contribution in [0.4, 0.5) is 17.3 Å². The molecule has 0 fully saturated rings. The lowest BCUT2D eigenvalue weighted by Crippen LogP contribution is -2.11. The highest BCUT2D eigenvalue weighted by Gasteiger charge is 2.06. The van der Waals surface area contributed by atoms with Gasteiger partial charge in [0.25, 0.3) is 0 Å². The number of hydrogen-bond acceptors (Lipinski definition) is 6. The van der Waals surface area contributed by atoms with Gasteiger partial charge < -0.3 is 15.5 Å². The molecule has 0 saturated carbocycles. The van der Waals surface area contributed by atoms with Gasteiger partial charge in [-0.2, -0.15) is 0 Å². The molecule has 0 unspecified atom stereocenters. The first-order chi connectivity index (χ1) is 9.62. The summed E-state index contributed by atoms with van der Waals surface area (Å²) in [5, 5.41) is 3.81. The van der Waals surface area contributed by atoms with Gasteiger partial charge in [-0.3, -0.25) is 0 Å². The van der Waals surface area contributed by atoms with E-state index >= 15 is 0 Å². The number of ether oxygens (including phenoxy) is 1. The van der Waals surface area contributed by atoms with E-state index in [4.69, 9.17) is 22.2 Å². The molecular weight excluding hydrogens is 346 g/mol. The van der Waals surface area contributed by atoms with Crippen molar-refractivity contribution in [1.29, 1.82) is 0 Å². The minimum absolute atomic E-state index is 0.298. The Morgan fingerprint density at radius 3 is 2.70 bits per heavy atom.